The lowest BCUT2D eigenvalue weighted by Gasteiger charge is -2.14. The van der Waals surface area contributed by atoms with Crippen molar-refractivity contribution in [3.8, 4) is 28.7 Å². The first-order chi connectivity index (χ1) is 13.2. The summed E-state index contributed by atoms with van der Waals surface area (Å²) in [6.45, 7) is 0.323. The monoisotopic (exact) mass is 370 g/mol. The minimum atomic E-state index is -0.391. The molecule has 0 bridgehead atoms. The largest absolute Gasteiger partial charge is 0.493 e. The van der Waals surface area contributed by atoms with Gasteiger partial charge in [-0.2, -0.15) is 0 Å². The Morgan fingerprint density at radius 2 is 1.52 bits per heavy atom. The third kappa shape index (κ3) is 2.81. The second-order valence-electron chi connectivity index (χ2n) is 5.91. The fourth-order valence-electron chi connectivity index (χ4n) is 3.23. The Hall–Kier alpha value is -3.35. The van der Waals surface area contributed by atoms with Crippen molar-refractivity contribution in [1.29, 1.82) is 0 Å². The first-order valence-corrected chi connectivity index (χ1v) is 8.27. The van der Waals surface area contributed by atoms with E-state index in [1.54, 1.807) is 45.6 Å². The van der Waals surface area contributed by atoms with E-state index < -0.39 is 5.97 Å². The van der Waals surface area contributed by atoms with Gasteiger partial charge in [0, 0.05) is 5.57 Å². The molecule has 2 aliphatic rings. The molecule has 0 aromatic heterocycles. The van der Waals surface area contributed by atoms with Crippen LogP contribution in [0.25, 0.3) is 11.1 Å². The van der Waals surface area contributed by atoms with Crippen LogP contribution in [0.2, 0.25) is 0 Å². The highest BCUT2D eigenvalue weighted by Crippen LogP contribution is 2.43. The van der Waals surface area contributed by atoms with E-state index in [1.165, 1.54) is 0 Å². The van der Waals surface area contributed by atoms with Gasteiger partial charge in [0.25, 0.3) is 0 Å². The van der Waals surface area contributed by atoms with Crippen LogP contribution in [0.3, 0.4) is 0 Å². The molecule has 7 heteroatoms. The fraction of sp³-hybridized carbons (Fsp3) is 0.250. The molecule has 2 heterocycles. The summed E-state index contributed by atoms with van der Waals surface area (Å²) in [6.07, 6.45) is 0. The zero-order valence-corrected chi connectivity index (χ0v) is 15.2. The van der Waals surface area contributed by atoms with Crippen molar-refractivity contribution in [2.24, 2.45) is 0 Å². The number of carbonyl (C=O) groups excluding carboxylic acids is 1. The van der Waals surface area contributed by atoms with Gasteiger partial charge in [-0.25, -0.2) is 4.79 Å². The number of methoxy groups -OCH3 is 3. The lowest BCUT2D eigenvalue weighted by molar-refractivity contribution is -0.133. The number of carbonyl (C=O) groups is 1. The van der Waals surface area contributed by atoms with Crippen LogP contribution in [-0.4, -0.2) is 40.7 Å². The third-order valence-electron chi connectivity index (χ3n) is 4.53. The maximum atomic E-state index is 12.5. The van der Waals surface area contributed by atoms with Gasteiger partial charge in [0.15, 0.2) is 23.0 Å². The highest BCUT2D eigenvalue weighted by molar-refractivity contribution is 6.27. The maximum absolute atomic E-state index is 12.5. The minimum Gasteiger partial charge on any atom is -0.493 e. The van der Waals surface area contributed by atoms with Crippen LogP contribution in [0.4, 0.5) is 0 Å². The summed E-state index contributed by atoms with van der Waals surface area (Å²) in [6, 6.07) is 8.97. The van der Waals surface area contributed by atoms with E-state index in [1.807, 2.05) is 6.07 Å². The standard InChI is InChI=1S/C20H18O7/c1-22-16-7-12(8-17(23-2)19(16)24-3)13-9-25-20(21)18(13)11-4-5-14-15(6-11)27-10-26-14/h4-8H,9-10H2,1-3H3. The number of hydrogen-bond donors (Lipinski definition) is 0. The summed E-state index contributed by atoms with van der Waals surface area (Å²) in [5.74, 6) is 2.35. The number of fused-ring (bicyclic) bond motifs is 1. The zero-order chi connectivity index (χ0) is 19.0. The molecule has 0 saturated carbocycles. The number of hydrogen-bond acceptors (Lipinski definition) is 7. The lowest BCUT2D eigenvalue weighted by atomic mass is 9.96. The van der Waals surface area contributed by atoms with Crippen LogP contribution < -0.4 is 23.7 Å². The summed E-state index contributed by atoms with van der Waals surface area (Å²) in [5.41, 5.74) is 2.66. The molecule has 2 aliphatic heterocycles. The zero-order valence-electron chi connectivity index (χ0n) is 15.2. The predicted molar refractivity (Wildman–Crippen MR) is 96.4 cm³/mol. The van der Waals surface area contributed by atoms with E-state index in [4.69, 9.17) is 28.4 Å². The van der Waals surface area contributed by atoms with Gasteiger partial charge in [0.05, 0.1) is 26.9 Å². The van der Waals surface area contributed by atoms with Crippen molar-refractivity contribution in [3.05, 3.63) is 41.5 Å². The molecule has 0 amide bonds. The van der Waals surface area contributed by atoms with Gasteiger partial charge in [-0.1, -0.05) is 6.07 Å². The first kappa shape index (κ1) is 17.1. The third-order valence-corrected chi connectivity index (χ3v) is 4.53. The van der Waals surface area contributed by atoms with Crippen molar-refractivity contribution in [2.75, 3.05) is 34.7 Å². The van der Waals surface area contributed by atoms with E-state index >= 15 is 0 Å². The molecule has 0 radical (unpaired) electrons. The van der Waals surface area contributed by atoms with Crippen LogP contribution in [0, 0.1) is 0 Å². The van der Waals surface area contributed by atoms with Crippen LogP contribution in [-0.2, 0) is 9.53 Å². The number of esters is 1. The summed E-state index contributed by atoms with van der Waals surface area (Å²) < 4.78 is 32.3. The molecule has 7 nitrogen and oxygen atoms in total. The molecule has 0 atom stereocenters. The topological polar surface area (TPSA) is 72.5 Å². The molecular weight excluding hydrogens is 352 g/mol. The number of cyclic esters (lactones) is 1. The number of ether oxygens (including phenoxy) is 6. The molecule has 0 N–H and O–H groups in total. The summed E-state index contributed by atoms with van der Waals surface area (Å²) in [4.78, 5) is 12.5. The second-order valence-corrected chi connectivity index (χ2v) is 5.91. The Morgan fingerprint density at radius 1 is 0.815 bits per heavy atom. The van der Waals surface area contributed by atoms with Crippen molar-refractivity contribution in [3.63, 3.8) is 0 Å². The quantitative estimate of drug-likeness (QED) is 0.750. The van der Waals surface area contributed by atoms with Gasteiger partial charge < -0.3 is 28.4 Å². The van der Waals surface area contributed by atoms with E-state index in [0.29, 0.717) is 39.9 Å². The van der Waals surface area contributed by atoms with Crippen LogP contribution in [0.5, 0.6) is 28.7 Å². The Labute approximate surface area is 156 Å². The van der Waals surface area contributed by atoms with Gasteiger partial charge in [0.1, 0.15) is 6.61 Å². The average Bonchev–Trinajstić information content (AvgIpc) is 3.32. The summed E-state index contributed by atoms with van der Waals surface area (Å²) in [7, 11) is 4.63. The van der Waals surface area contributed by atoms with Gasteiger partial charge in [-0.05, 0) is 35.4 Å². The van der Waals surface area contributed by atoms with E-state index in [0.717, 1.165) is 11.1 Å². The number of rotatable bonds is 5. The highest BCUT2D eigenvalue weighted by atomic mass is 16.7. The maximum Gasteiger partial charge on any atom is 0.339 e. The first-order valence-electron chi connectivity index (χ1n) is 8.27. The van der Waals surface area contributed by atoms with Gasteiger partial charge in [-0.15, -0.1) is 0 Å². The molecule has 4 rings (SSSR count). The van der Waals surface area contributed by atoms with Gasteiger partial charge in [0.2, 0.25) is 12.5 Å². The molecule has 0 spiro atoms. The Bertz CT molecular complexity index is 920. The van der Waals surface area contributed by atoms with Crippen molar-refractivity contribution >= 4 is 17.1 Å². The number of benzene rings is 2. The van der Waals surface area contributed by atoms with Gasteiger partial charge in [-0.3, -0.25) is 0 Å². The molecule has 0 saturated heterocycles. The second kappa shape index (κ2) is 6.75. The molecule has 27 heavy (non-hydrogen) atoms. The molecule has 0 unspecified atom stereocenters. The molecule has 140 valence electrons. The molecule has 2 aromatic carbocycles. The van der Waals surface area contributed by atoms with E-state index in [-0.39, 0.29) is 13.4 Å². The normalized spacial score (nSPS) is 15.0. The SMILES string of the molecule is COc1cc(C2=C(c3ccc4c(c3)OCO4)C(=O)OC2)cc(OC)c1OC. The van der Waals surface area contributed by atoms with Crippen LogP contribution in [0.15, 0.2) is 30.3 Å². The van der Waals surface area contributed by atoms with Crippen molar-refractivity contribution in [2.45, 2.75) is 0 Å². The highest BCUT2D eigenvalue weighted by Gasteiger charge is 2.30. The summed E-state index contributed by atoms with van der Waals surface area (Å²) >= 11 is 0. The summed E-state index contributed by atoms with van der Waals surface area (Å²) in [5, 5.41) is 0. The fourth-order valence-corrected chi connectivity index (χ4v) is 3.23. The Balaban J connectivity index is 1.87. The Kier molecular flexibility index (Phi) is 4.27. The molecular formula is C20H18O7. The average molecular weight is 370 g/mol. The molecule has 0 fully saturated rings. The van der Waals surface area contributed by atoms with Crippen molar-refractivity contribution < 1.29 is 33.2 Å². The Morgan fingerprint density at radius 3 is 2.19 bits per heavy atom. The minimum absolute atomic E-state index is 0.154. The molecule has 2 aromatic rings. The van der Waals surface area contributed by atoms with Crippen molar-refractivity contribution in [1.82, 2.24) is 0 Å². The van der Waals surface area contributed by atoms with E-state index in [2.05, 4.69) is 0 Å². The van der Waals surface area contributed by atoms with Gasteiger partial charge >= 0.3 is 5.97 Å². The predicted octanol–water partition coefficient (Wildman–Crippen LogP) is 2.91. The molecule has 0 aliphatic carbocycles. The lowest BCUT2D eigenvalue weighted by Crippen LogP contribution is -1.99. The van der Waals surface area contributed by atoms with Crippen LogP contribution >= 0.6 is 0 Å². The van der Waals surface area contributed by atoms with Crippen LogP contribution in [0.1, 0.15) is 11.1 Å². The van der Waals surface area contributed by atoms with E-state index in [9.17, 15) is 4.79 Å². The smallest absolute Gasteiger partial charge is 0.339 e.